The summed E-state index contributed by atoms with van der Waals surface area (Å²) in [6, 6.07) is 5.79. The third kappa shape index (κ3) is 1.18. The van der Waals surface area contributed by atoms with Gasteiger partial charge >= 0.3 is 0 Å². The summed E-state index contributed by atoms with van der Waals surface area (Å²) in [7, 11) is 1.89. The number of hydrogen-bond acceptors (Lipinski definition) is 4. The Morgan fingerprint density at radius 3 is 2.87 bits per heavy atom. The molecule has 0 bridgehead atoms. The molecule has 1 aliphatic heterocycles. The summed E-state index contributed by atoms with van der Waals surface area (Å²) in [5.41, 5.74) is 1.95. The lowest BCUT2D eigenvalue weighted by molar-refractivity contribution is 0.174. The van der Waals surface area contributed by atoms with E-state index in [9.17, 15) is 0 Å². The summed E-state index contributed by atoms with van der Waals surface area (Å²) in [5, 5.41) is 4.17. The minimum atomic E-state index is 0.292. The van der Waals surface area contributed by atoms with Crippen LogP contribution in [0.15, 0.2) is 24.4 Å². The molecular formula is C11H10N2O2. The molecule has 2 aromatic rings. The minimum Gasteiger partial charge on any atom is -0.454 e. The monoisotopic (exact) mass is 202 g/mol. The largest absolute Gasteiger partial charge is 0.454 e. The summed E-state index contributed by atoms with van der Waals surface area (Å²) in [5.74, 6) is 1.55. The zero-order valence-corrected chi connectivity index (χ0v) is 8.28. The van der Waals surface area contributed by atoms with Gasteiger partial charge in [0.25, 0.3) is 0 Å². The summed E-state index contributed by atoms with van der Waals surface area (Å²) in [6.07, 6.45) is 1.77. The van der Waals surface area contributed by atoms with Crippen molar-refractivity contribution in [2.45, 2.75) is 0 Å². The summed E-state index contributed by atoms with van der Waals surface area (Å²) in [6.45, 7) is 0.292. The van der Waals surface area contributed by atoms with E-state index in [4.69, 9.17) is 9.47 Å². The maximum absolute atomic E-state index is 5.33. The van der Waals surface area contributed by atoms with Crippen LogP contribution < -0.4 is 14.8 Å². The zero-order chi connectivity index (χ0) is 10.3. The molecule has 0 unspecified atom stereocenters. The van der Waals surface area contributed by atoms with Gasteiger partial charge in [0.05, 0.1) is 5.52 Å². The van der Waals surface area contributed by atoms with Gasteiger partial charge in [-0.3, -0.25) is 4.98 Å². The second-order valence-corrected chi connectivity index (χ2v) is 3.33. The number of aromatic nitrogens is 1. The zero-order valence-electron chi connectivity index (χ0n) is 8.28. The first kappa shape index (κ1) is 8.35. The Morgan fingerprint density at radius 2 is 2.07 bits per heavy atom. The lowest BCUT2D eigenvalue weighted by Gasteiger charge is -2.05. The number of pyridine rings is 1. The van der Waals surface area contributed by atoms with Crippen LogP contribution in [0.1, 0.15) is 0 Å². The molecule has 4 nitrogen and oxygen atoms in total. The average molecular weight is 202 g/mol. The van der Waals surface area contributed by atoms with Crippen LogP contribution in [0.4, 0.5) is 5.69 Å². The molecule has 1 aromatic carbocycles. The average Bonchev–Trinajstić information content (AvgIpc) is 2.72. The minimum absolute atomic E-state index is 0.292. The normalized spacial score (nSPS) is 13.1. The Balaban J connectivity index is 2.33. The van der Waals surface area contributed by atoms with E-state index in [0.29, 0.717) is 6.79 Å². The Bertz CT molecular complexity index is 525. The molecule has 15 heavy (non-hydrogen) atoms. The number of rotatable bonds is 1. The van der Waals surface area contributed by atoms with Crippen molar-refractivity contribution in [2.24, 2.45) is 0 Å². The Kier molecular flexibility index (Phi) is 1.68. The molecular weight excluding hydrogens is 192 g/mol. The van der Waals surface area contributed by atoms with Gasteiger partial charge in [-0.1, -0.05) is 0 Å². The molecule has 0 fully saturated rings. The number of anilines is 1. The third-order valence-electron chi connectivity index (χ3n) is 2.51. The number of benzene rings is 1. The number of nitrogens with zero attached hydrogens (tertiary/aromatic N) is 1. The lowest BCUT2D eigenvalue weighted by atomic mass is 10.1. The van der Waals surface area contributed by atoms with Crippen LogP contribution in [0.3, 0.4) is 0 Å². The molecule has 1 aliphatic rings. The molecule has 1 N–H and O–H groups in total. The highest BCUT2D eigenvalue weighted by molar-refractivity contribution is 5.93. The van der Waals surface area contributed by atoms with Crippen molar-refractivity contribution in [1.29, 1.82) is 0 Å². The Morgan fingerprint density at radius 1 is 1.27 bits per heavy atom. The maximum Gasteiger partial charge on any atom is 0.231 e. The van der Waals surface area contributed by atoms with E-state index in [1.165, 1.54) is 0 Å². The highest BCUT2D eigenvalue weighted by atomic mass is 16.7. The Hall–Kier alpha value is -1.97. The van der Waals surface area contributed by atoms with Crippen molar-refractivity contribution in [2.75, 3.05) is 19.2 Å². The number of ether oxygens (including phenoxy) is 2. The highest BCUT2D eigenvalue weighted by Gasteiger charge is 2.15. The fraction of sp³-hybridized carbons (Fsp3) is 0.182. The van der Waals surface area contributed by atoms with Crippen LogP contribution in [-0.2, 0) is 0 Å². The topological polar surface area (TPSA) is 43.4 Å². The quantitative estimate of drug-likeness (QED) is 0.768. The van der Waals surface area contributed by atoms with Crippen LogP contribution in [0.5, 0.6) is 11.5 Å². The van der Waals surface area contributed by atoms with Gasteiger partial charge in [0, 0.05) is 30.4 Å². The van der Waals surface area contributed by atoms with E-state index >= 15 is 0 Å². The van der Waals surface area contributed by atoms with Crippen molar-refractivity contribution >= 4 is 16.6 Å². The van der Waals surface area contributed by atoms with Gasteiger partial charge in [-0.2, -0.15) is 0 Å². The molecule has 2 heterocycles. The highest BCUT2D eigenvalue weighted by Crippen LogP contribution is 2.37. The molecule has 76 valence electrons. The van der Waals surface area contributed by atoms with E-state index in [0.717, 1.165) is 28.1 Å². The molecule has 1 aromatic heterocycles. The van der Waals surface area contributed by atoms with Gasteiger partial charge in [-0.05, 0) is 12.1 Å². The van der Waals surface area contributed by atoms with Gasteiger partial charge < -0.3 is 14.8 Å². The number of fused-ring (bicyclic) bond motifs is 2. The van der Waals surface area contributed by atoms with E-state index in [2.05, 4.69) is 10.3 Å². The van der Waals surface area contributed by atoms with Crippen LogP contribution in [0, 0.1) is 0 Å². The van der Waals surface area contributed by atoms with Gasteiger partial charge in [0.15, 0.2) is 11.5 Å². The van der Waals surface area contributed by atoms with Gasteiger partial charge in [-0.25, -0.2) is 0 Å². The summed E-state index contributed by atoms with van der Waals surface area (Å²) >= 11 is 0. The summed E-state index contributed by atoms with van der Waals surface area (Å²) < 4.78 is 10.6. The van der Waals surface area contributed by atoms with Crippen molar-refractivity contribution in [3.05, 3.63) is 24.4 Å². The molecule has 4 heteroatoms. The fourth-order valence-corrected chi connectivity index (χ4v) is 1.75. The van der Waals surface area contributed by atoms with Gasteiger partial charge in [-0.15, -0.1) is 0 Å². The molecule has 0 atom stereocenters. The third-order valence-corrected chi connectivity index (χ3v) is 2.51. The van der Waals surface area contributed by atoms with Crippen LogP contribution in [0.25, 0.3) is 10.9 Å². The second kappa shape index (κ2) is 3.02. The molecule has 0 radical (unpaired) electrons. The molecule has 0 saturated heterocycles. The van der Waals surface area contributed by atoms with Crippen molar-refractivity contribution < 1.29 is 9.47 Å². The van der Waals surface area contributed by atoms with E-state index in [-0.39, 0.29) is 0 Å². The first-order valence-corrected chi connectivity index (χ1v) is 4.74. The molecule has 0 saturated carbocycles. The number of hydrogen-bond donors (Lipinski definition) is 1. The standard InChI is InChI=1S/C11H10N2O2/c1-12-8-2-3-13-9-5-11-10(4-7(8)9)14-6-15-11/h2-5H,6H2,1H3,(H,12,13). The molecule has 0 spiro atoms. The molecule has 3 rings (SSSR count). The van der Waals surface area contributed by atoms with E-state index < -0.39 is 0 Å². The van der Waals surface area contributed by atoms with Crippen molar-refractivity contribution in [1.82, 2.24) is 4.98 Å². The fourth-order valence-electron chi connectivity index (χ4n) is 1.75. The van der Waals surface area contributed by atoms with Gasteiger partial charge in [0.2, 0.25) is 6.79 Å². The lowest BCUT2D eigenvalue weighted by Crippen LogP contribution is -1.92. The van der Waals surface area contributed by atoms with Crippen molar-refractivity contribution in [3.63, 3.8) is 0 Å². The van der Waals surface area contributed by atoms with E-state index in [1.807, 2.05) is 25.2 Å². The van der Waals surface area contributed by atoms with Crippen LogP contribution in [0.2, 0.25) is 0 Å². The predicted octanol–water partition coefficient (Wildman–Crippen LogP) is 2.01. The van der Waals surface area contributed by atoms with E-state index in [1.54, 1.807) is 6.20 Å². The first-order valence-electron chi connectivity index (χ1n) is 4.74. The maximum atomic E-state index is 5.33. The second-order valence-electron chi connectivity index (χ2n) is 3.33. The number of nitrogens with one attached hydrogen (secondary N) is 1. The summed E-state index contributed by atoms with van der Waals surface area (Å²) in [4.78, 5) is 4.29. The smallest absolute Gasteiger partial charge is 0.231 e. The molecule has 0 amide bonds. The van der Waals surface area contributed by atoms with Crippen LogP contribution in [-0.4, -0.2) is 18.8 Å². The van der Waals surface area contributed by atoms with Gasteiger partial charge in [0.1, 0.15) is 0 Å². The Labute approximate surface area is 86.8 Å². The van der Waals surface area contributed by atoms with Crippen molar-refractivity contribution in [3.8, 4) is 11.5 Å². The molecule has 0 aliphatic carbocycles. The first-order chi connectivity index (χ1) is 7.38. The predicted molar refractivity (Wildman–Crippen MR) is 57.4 cm³/mol. The SMILES string of the molecule is CNc1ccnc2cc3c(cc12)OCO3. The van der Waals surface area contributed by atoms with Crippen LogP contribution >= 0.6 is 0 Å².